The number of benzene rings is 1. The van der Waals surface area contributed by atoms with Crippen molar-refractivity contribution >= 4 is 0 Å². The number of nitrogens with zero attached hydrogens (tertiary/aromatic N) is 3. The summed E-state index contributed by atoms with van der Waals surface area (Å²) in [4.78, 5) is 0. The number of aliphatic hydroxyl groups is 1. The van der Waals surface area contributed by atoms with Gasteiger partial charge in [-0.1, -0.05) is 18.6 Å². The second-order valence-electron chi connectivity index (χ2n) is 4.69. The van der Waals surface area contributed by atoms with Crippen molar-refractivity contribution in [1.82, 2.24) is 15.0 Å². The van der Waals surface area contributed by atoms with Crippen LogP contribution in [-0.2, 0) is 13.0 Å². The van der Waals surface area contributed by atoms with Gasteiger partial charge in [0.1, 0.15) is 22.9 Å². The zero-order valence-corrected chi connectivity index (χ0v) is 12.7. The smallest absolute Gasteiger partial charge is 0.144 e. The van der Waals surface area contributed by atoms with Crippen molar-refractivity contribution in [2.45, 2.75) is 32.8 Å². The Morgan fingerprint density at radius 1 is 1.24 bits per heavy atom. The maximum absolute atomic E-state index is 9.43. The van der Waals surface area contributed by atoms with E-state index in [4.69, 9.17) is 9.47 Å². The molecule has 1 aromatic carbocycles. The van der Waals surface area contributed by atoms with Crippen molar-refractivity contribution in [3.05, 3.63) is 29.6 Å². The minimum Gasteiger partial charge on any atom is -0.497 e. The molecule has 0 saturated carbocycles. The zero-order valence-electron chi connectivity index (χ0n) is 12.7. The van der Waals surface area contributed by atoms with E-state index in [-0.39, 0.29) is 6.61 Å². The first kappa shape index (κ1) is 15.3. The van der Waals surface area contributed by atoms with Gasteiger partial charge in [-0.05, 0) is 25.0 Å². The van der Waals surface area contributed by atoms with E-state index in [1.807, 2.05) is 18.2 Å². The van der Waals surface area contributed by atoms with Gasteiger partial charge in [-0.15, -0.1) is 5.10 Å². The molecular formula is C15H21N3O3. The summed E-state index contributed by atoms with van der Waals surface area (Å²) in [6.07, 6.45) is 2.87. The third kappa shape index (κ3) is 3.16. The quantitative estimate of drug-likeness (QED) is 0.846. The molecule has 0 bridgehead atoms. The third-order valence-electron chi connectivity index (χ3n) is 3.37. The third-order valence-corrected chi connectivity index (χ3v) is 3.37. The van der Waals surface area contributed by atoms with Crippen LogP contribution in [0, 0.1) is 0 Å². The number of aliphatic hydroxyl groups excluding tert-OH is 1. The first-order chi connectivity index (χ1) is 10.2. The molecule has 0 atom stereocenters. The Morgan fingerprint density at radius 3 is 2.67 bits per heavy atom. The Morgan fingerprint density at radius 2 is 2.05 bits per heavy atom. The predicted octanol–water partition coefficient (Wildman–Crippen LogP) is 2.12. The standard InChI is InChI=1S/C15H21N3O3/c1-4-5-6-13-12(10-19)16-17-18(13)14-9-11(20-2)7-8-15(14)21-3/h7-9,19H,4-6,10H2,1-3H3. The van der Waals surface area contributed by atoms with Crippen LogP contribution in [0.2, 0.25) is 0 Å². The second kappa shape index (κ2) is 7.08. The highest BCUT2D eigenvalue weighted by molar-refractivity contribution is 5.51. The summed E-state index contributed by atoms with van der Waals surface area (Å²) in [5.74, 6) is 1.40. The Balaban J connectivity index is 2.52. The highest BCUT2D eigenvalue weighted by atomic mass is 16.5. The summed E-state index contributed by atoms with van der Waals surface area (Å²) >= 11 is 0. The van der Waals surface area contributed by atoms with E-state index in [9.17, 15) is 5.11 Å². The lowest BCUT2D eigenvalue weighted by atomic mass is 10.1. The lowest BCUT2D eigenvalue weighted by molar-refractivity contribution is 0.275. The van der Waals surface area contributed by atoms with Crippen molar-refractivity contribution in [2.24, 2.45) is 0 Å². The molecule has 0 aliphatic carbocycles. The SMILES string of the molecule is CCCCc1c(CO)nnn1-c1cc(OC)ccc1OC. The van der Waals surface area contributed by atoms with E-state index in [2.05, 4.69) is 17.2 Å². The van der Waals surface area contributed by atoms with Gasteiger partial charge >= 0.3 is 0 Å². The number of rotatable bonds is 7. The Labute approximate surface area is 124 Å². The lowest BCUT2D eigenvalue weighted by Crippen LogP contribution is -2.06. The van der Waals surface area contributed by atoms with Crippen LogP contribution in [0.3, 0.4) is 0 Å². The fourth-order valence-corrected chi connectivity index (χ4v) is 2.21. The molecule has 1 aromatic heterocycles. The maximum Gasteiger partial charge on any atom is 0.144 e. The monoisotopic (exact) mass is 291 g/mol. The predicted molar refractivity (Wildman–Crippen MR) is 79.0 cm³/mol. The fourth-order valence-electron chi connectivity index (χ4n) is 2.21. The zero-order chi connectivity index (χ0) is 15.2. The van der Waals surface area contributed by atoms with Crippen LogP contribution in [0.15, 0.2) is 18.2 Å². The highest BCUT2D eigenvalue weighted by Crippen LogP contribution is 2.29. The van der Waals surface area contributed by atoms with E-state index in [1.54, 1.807) is 18.9 Å². The molecule has 1 heterocycles. The largest absolute Gasteiger partial charge is 0.497 e. The molecule has 21 heavy (non-hydrogen) atoms. The van der Waals surface area contributed by atoms with Crippen LogP contribution in [0.1, 0.15) is 31.2 Å². The van der Waals surface area contributed by atoms with Crippen LogP contribution in [-0.4, -0.2) is 34.3 Å². The normalized spacial score (nSPS) is 10.7. The van der Waals surface area contributed by atoms with Crippen LogP contribution < -0.4 is 9.47 Å². The first-order valence-electron chi connectivity index (χ1n) is 7.01. The van der Waals surface area contributed by atoms with Gasteiger partial charge in [-0.25, -0.2) is 4.68 Å². The molecule has 1 N–H and O–H groups in total. The molecule has 0 spiro atoms. The molecule has 0 saturated heterocycles. The van der Waals surface area contributed by atoms with Gasteiger partial charge < -0.3 is 14.6 Å². The lowest BCUT2D eigenvalue weighted by Gasteiger charge is -2.12. The average molecular weight is 291 g/mol. The molecule has 0 aliphatic heterocycles. The number of ether oxygens (including phenoxy) is 2. The minimum atomic E-state index is -0.120. The molecule has 0 radical (unpaired) electrons. The van der Waals surface area contributed by atoms with E-state index in [0.717, 1.165) is 30.6 Å². The van der Waals surface area contributed by atoms with E-state index < -0.39 is 0 Å². The Bertz CT molecular complexity index is 596. The van der Waals surface area contributed by atoms with Crippen molar-refractivity contribution < 1.29 is 14.6 Å². The number of hydrogen-bond acceptors (Lipinski definition) is 5. The Hall–Kier alpha value is -2.08. The van der Waals surface area contributed by atoms with E-state index in [0.29, 0.717) is 17.2 Å². The van der Waals surface area contributed by atoms with Gasteiger partial charge in [0.2, 0.25) is 0 Å². The van der Waals surface area contributed by atoms with Gasteiger partial charge in [0.05, 0.1) is 26.5 Å². The Kier molecular flexibility index (Phi) is 5.16. The molecule has 0 amide bonds. The summed E-state index contributed by atoms with van der Waals surface area (Å²) in [5, 5.41) is 17.7. The van der Waals surface area contributed by atoms with Crippen LogP contribution in [0.4, 0.5) is 0 Å². The summed E-state index contributed by atoms with van der Waals surface area (Å²) in [5.41, 5.74) is 2.27. The molecular weight excluding hydrogens is 270 g/mol. The molecule has 114 valence electrons. The summed E-state index contributed by atoms with van der Waals surface area (Å²) in [6.45, 7) is 2.00. The molecule has 0 fully saturated rings. The topological polar surface area (TPSA) is 69.4 Å². The van der Waals surface area contributed by atoms with Crippen molar-refractivity contribution in [2.75, 3.05) is 14.2 Å². The van der Waals surface area contributed by atoms with Crippen molar-refractivity contribution in [1.29, 1.82) is 0 Å². The van der Waals surface area contributed by atoms with Crippen LogP contribution in [0.5, 0.6) is 11.5 Å². The number of aromatic nitrogens is 3. The molecule has 0 aliphatic rings. The average Bonchev–Trinajstić information content (AvgIpc) is 2.94. The van der Waals surface area contributed by atoms with Gasteiger partial charge in [0.25, 0.3) is 0 Å². The molecule has 0 unspecified atom stereocenters. The fraction of sp³-hybridized carbons (Fsp3) is 0.467. The highest BCUT2D eigenvalue weighted by Gasteiger charge is 2.16. The minimum absolute atomic E-state index is 0.120. The van der Waals surface area contributed by atoms with Gasteiger partial charge in [-0.3, -0.25) is 0 Å². The first-order valence-corrected chi connectivity index (χ1v) is 7.01. The number of unbranched alkanes of at least 4 members (excludes halogenated alkanes) is 1. The molecule has 6 heteroatoms. The van der Waals surface area contributed by atoms with E-state index >= 15 is 0 Å². The summed E-state index contributed by atoms with van der Waals surface area (Å²) < 4.78 is 12.4. The maximum atomic E-state index is 9.43. The summed E-state index contributed by atoms with van der Waals surface area (Å²) in [7, 11) is 3.23. The van der Waals surface area contributed by atoms with Gasteiger partial charge in [-0.2, -0.15) is 0 Å². The van der Waals surface area contributed by atoms with Gasteiger partial charge in [0, 0.05) is 6.07 Å². The number of hydrogen-bond donors (Lipinski definition) is 1. The van der Waals surface area contributed by atoms with Crippen LogP contribution in [0.25, 0.3) is 5.69 Å². The van der Waals surface area contributed by atoms with E-state index in [1.165, 1.54) is 0 Å². The molecule has 2 rings (SSSR count). The van der Waals surface area contributed by atoms with Crippen LogP contribution >= 0.6 is 0 Å². The molecule has 6 nitrogen and oxygen atoms in total. The molecule has 2 aromatic rings. The second-order valence-corrected chi connectivity index (χ2v) is 4.69. The van der Waals surface area contributed by atoms with Gasteiger partial charge in [0.15, 0.2) is 0 Å². The number of methoxy groups -OCH3 is 2. The van der Waals surface area contributed by atoms with Crippen molar-refractivity contribution in [3.8, 4) is 17.2 Å². The summed E-state index contributed by atoms with van der Waals surface area (Å²) in [6, 6.07) is 5.51. The van der Waals surface area contributed by atoms with Crippen molar-refractivity contribution in [3.63, 3.8) is 0 Å².